The summed E-state index contributed by atoms with van der Waals surface area (Å²) in [6.45, 7) is 3.57. The summed E-state index contributed by atoms with van der Waals surface area (Å²) < 4.78 is 0.856. The fourth-order valence-electron chi connectivity index (χ4n) is 2.17. The van der Waals surface area contributed by atoms with E-state index < -0.39 is 0 Å². The third kappa shape index (κ3) is 3.56. The maximum Gasteiger partial charge on any atom is 0.252 e. The zero-order valence-electron chi connectivity index (χ0n) is 10.9. The van der Waals surface area contributed by atoms with Crippen LogP contribution in [0.1, 0.15) is 28.8 Å². The SMILES string of the molecule is Cc1ccc(Br)cc1C(=O)NCC(=O)N1CCCC1. The van der Waals surface area contributed by atoms with E-state index in [9.17, 15) is 9.59 Å². The fraction of sp³-hybridized carbons (Fsp3) is 0.429. The highest BCUT2D eigenvalue weighted by Gasteiger charge is 2.18. The van der Waals surface area contributed by atoms with Gasteiger partial charge < -0.3 is 10.2 Å². The van der Waals surface area contributed by atoms with E-state index in [1.54, 1.807) is 11.0 Å². The van der Waals surface area contributed by atoms with Crippen molar-refractivity contribution in [2.45, 2.75) is 19.8 Å². The van der Waals surface area contributed by atoms with E-state index in [1.165, 1.54) is 0 Å². The van der Waals surface area contributed by atoms with Crippen molar-refractivity contribution in [2.24, 2.45) is 0 Å². The highest BCUT2D eigenvalue weighted by Crippen LogP contribution is 2.16. The molecular weight excluding hydrogens is 308 g/mol. The van der Waals surface area contributed by atoms with Gasteiger partial charge in [-0.3, -0.25) is 9.59 Å². The van der Waals surface area contributed by atoms with Crippen molar-refractivity contribution in [2.75, 3.05) is 19.6 Å². The summed E-state index contributed by atoms with van der Waals surface area (Å²) in [5.41, 5.74) is 1.50. The quantitative estimate of drug-likeness (QED) is 0.925. The van der Waals surface area contributed by atoms with Crippen LogP contribution in [0.4, 0.5) is 0 Å². The summed E-state index contributed by atoms with van der Waals surface area (Å²) in [6, 6.07) is 5.54. The Bertz CT molecular complexity index is 496. The van der Waals surface area contributed by atoms with Gasteiger partial charge in [-0.15, -0.1) is 0 Å². The van der Waals surface area contributed by atoms with Crippen LogP contribution in [0.25, 0.3) is 0 Å². The molecule has 0 spiro atoms. The Kier molecular flexibility index (Phi) is 4.58. The topological polar surface area (TPSA) is 49.4 Å². The maximum atomic E-state index is 12.0. The smallest absolute Gasteiger partial charge is 0.252 e. The second kappa shape index (κ2) is 6.19. The number of halogens is 1. The van der Waals surface area contributed by atoms with E-state index in [2.05, 4.69) is 21.2 Å². The number of rotatable bonds is 3. The minimum Gasteiger partial charge on any atom is -0.343 e. The molecule has 1 aliphatic rings. The van der Waals surface area contributed by atoms with Gasteiger partial charge in [-0.25, -0.2) is 0 Å². The Balaban J connectivity index is 1.93. The van der Waals surface area contributed by atoms with Gasteiger partial charge in [-0.05, 0) is 37.5 Å². The van der Waals surface area contributed by atoms with Gasteiger partial charge in [0.1, 0.15) is 0 Å². The molecule has 1 aromatic rings. The van der Waals surface area contributed by atoms with Crippen LogP contribution >= 0.6 is 15.9 Å². The van der Waals surface area contributed by atoms with Gasteiger partial charge in [-0.1, -0.05) is 22.0 Å². The van der Waals surface area contributed by atoms with Crippen LogP contribution in [0.3, 0.4) is 0 Å². The molecule has 2 amide bonds. The number of hydrogen-bond donors (Lipinski definition) is 1. The lowest BCUT2D eigenvalue weighted by molar-refractivity contribution is -0.129. The van der Waals surface area contributed by atoms with Gasteiger partial charge in [0, 0.05) is 23.1 Å². The number of aryl methyl sites for hydroxylation is 1. The average molecular weight is 325 g/mol. The van der Waals surface area contributed by atoms with Crippen LogP contribution in [-0.2, 0) is 4.79 Å². The lowest BCUT2D eigenvalue weighted by Gasteiger charge is -2.15. The van der Waals surface area contributed by atoms with Crippen LogP contribution in [0.15, 0.2) is 22.7 Å². The van der Waals surface area contributed by atoms with Gasteiger partial charge in [0.05, 0.1) is 6.54 Å². The minimum atomic E-state index is -0.202. The third-order valence-corrected chi connectivity index (χ3v) is 3.80. The Hall–Kier alpha value is -1.36. The minimum absolute atomic E-state index is 0.00139. The number of carbonyl (C=O) groups is 2. The summed E-state index contributed by atoms with van der Waals surface area (Å²) in [4.78, 5) is 25.7. The van der Waals surface area contributed by atoms with Crippen molar-refractivity contribution in [3.63, 3.8) is 0 Å². The number of benzene rings is 1. The normalized spacial score (nSPS) is 14.5. The Morgan fingerprint density at radius 3 is 2.68 bits per heavy atom. The number of likely N-dealkylation sites (tertiary alicyclic amines) is 1. The molecule has 0 bridgehead atoms. The molecule has 1 heterocycles. The number of carbonyl (C=O) groups excluding carboxylic acids is 2. The van der Waals surface area contributed by atoms with Crippen LogP contribution in [0.2, 0.25) is 0 Å². The molecule has 0 atom stereocenters. The molecule has 19 heavy (non-hydrogen) atoms. The molecule has 0 radical (unpaired) electrons. The molecule has 0 saturated carbocycles. The first-order chi connectivity index (χ1) is 9.08. The number of nitrogens with zero attached hydrogens (tertiary/aromatic N) is 1. The van der Waals surface area contributed by atoms with Crippen LogP contribution in [-0.4, -0.2) is 36.3 Å². The average Bonchev–Trinajstić information content (AvgIpc) is 2.92. The monoisotopic (exact) mass is 324 g/mol. The van der Waals surface area contributed by atoms with Crippen molar-refractivity contribution in [3.8, 4) is 0 Å². The Morgan fingerprint density at radius 1 is 1.32 bits per heavy atom. The molecule has 102 valence electrons. The molecule has 5 heteroatoms. The summed E-state index contributed by atoms with van der Waals surface area (Å²) in [6.07, 6.45) is 2.12. The highest BCUT2D eigenvalue weighted by atomic mass is 79.9. The lowest BCUT2D eigenvalue weighted by Crippen LogP contribution is -2.38. The van der Waals surface area contributed by atoms with Crippen molar-refractivity contribution in [1.82, 2.24) is 10.2 Å². The molecule has 0 aliphatic carbocycles. The molecule has 0 unspecified atom stereocenters. The van der Waals surface area contributed by atoms with Crippen LogP contribution in [0, 0.1) is 6.92 Å². The van der Waals surface area contributed by atoms with Crippen molar-refractivity contribution in [3.05, 3.63) is 33.8 Å². The fourth-order valence-corrected chi connectivity index (χ4v) is 2.53. The Morgan fingerprint density at radius 2 is 2.00 bits per heavy atom. The molecular formula is C14H17BrN2O2. The third-order valence-electron chi connectivity index (χ3n) is 3.30. The first kappa shape index (κ1) is 14.1. The zero-order valence-corrected chi connectivity index (χ0v) is 12.5. The molecule has 1 aliphatic heterocycles. The van der Waals surface area contributed by atoms with Crippen molar-refractivity contribution >= 4 is 27.7 Å². The maximum absolute atomic E-state index is 12.0. The molecule has 1 aromatic carbocycles. The van der Waals surface area contributed by atoms with Gasteiger partial charge in [0.25, 0.3) is 5.91 Å². The van der Waals surface area contributed by atoms with Gasteiger partial charge in [0.2, 0.25) is 5.91 Å². The van der Waals surface area contributed by atoms with Gasteiger partial charge in [0.15, 0.2) is 0 Å². The summed E-state index contributed by atoms with van der Waals surface area (Å²) >= 11 is 3.34. The van der Waals surface area contributed by atoms with E-state index in [4.69, 9.17) is 0 Å². The van der Waals surface area contributed by atoms with E-state index in [-0.39, 0.29) is 18.4 Å². The van der Waals surface area contributed by atoms with E-state index in [1.807, 2.05) is 19.1 Å². The summed E-state index contributed by atoms with van der Waals surface area (Å²) in [5.74, 6) is -0.204. The Labute approximate surface area is 121 Å². The molecule has 4 nitrogen and oxygen atoms in total. The predicted molar refractivity (Wildman–Crippen MR) is 77.0 cm³/mol. The lowest BCUT2D eigenvalue weighted by atomic mass is 10.1. The predicted octanol–water partition coefficient (Wildman–Crippen LogP) is 2.11. The van der Waals surface area contributed by atoms with E-state index >= 15 is 0 Å². The first-order valence-electron chi connectivity index (χ1n) is 6.40. The van der Waals surface area contributed by atoms with E-state index in [0.29, 0.717) is 5.56 Å². The highest BCUT2D eigenvalue weighted by molar-refractivity contribution is 9.10. The molecule has 1 fully saturated rings. The second-order valence-electron chi connectivity index (χ2n) is 4.73. The van der Waals surface area contributed by atoms with Gasteiger partial charge >= 0.3 is 0 Å². The summed E-state index contributed by atoms with van der Waals surface area (Å²) in [7, 11) is 0. The van der Waals surface area contributed by atoms with Crippen molar-refractivity contribution in [1.29, 1.82) is 0 Å². The molecule has 1 saturated heterocycles. The second-order valence-corrected chi connectivity index (χ2v) is 5.65. The van der Waals surface area contributed by atoms with Crippen LogP contribution in [0.5, 0.6) is 0 Å². The van der Waals surface area contributed by atoms with E-state index in [0.717, 1.165) is 36.0 Å². The summed E-state index contributed by atoms with van der Waals surface area (Å²) in [5, 5.41) is 2.69. The van der Waals surface area contributed by atoms with Crippen molar-refractivity contribution < 1.29 is 9.59 Å². The number of amides is 2. The standard InChI is InChI=1S/C14H17BrN2O2/c1-10-4-5-11(15)8-12(10)14(19)16-9-13(18)17-6-2-3-7-17/h4-5,8H,2-3,6-7,9H2,1H3,(H,16,19). The zero-order chi connectivity index (χ0) is 13.8. The molecule has 1 N–H and O–H groups in total. The first-order valence-corrected chi connectivity index (χ1v) is 7.19. The number of nitrogens with one attached hydrogen (secondary N) is 1. The molecule has 2 rings (SSSR count). The molecule has 0 aromatic heterocycles. The number of hydrogen-bond acceptors (Lipinski definition) is 2. The van der Waals surface area contributed by atoms with Crippen LogP contribution < -0.4 is 5.32 Å². The largest absolute Gasteiger partial charge is 0.343 e. The van der Waals surface area contributed by atoms with Gasteiger partial charge in [-0.2, -0.15) is 0 Å².